The van der Waals surface area contributed by atoms with E-state index in [2.05, 4.69) is 5.32 Å². The molecular weight excluding hydrogens is 278 g/mol. The maximum Gasteiger partial charge on any atom is 0.317 e. The van der Waals surface area contributed by atoms with E-state index in [9.17, 15) is 13.2 Å². The molecule has 20 heavy (non-hydrogen) atoms. The molecule has 6 nitrogen and oxygen atoms in total. The van der Waals surface area contributed by atoms with Gasteiger partial charge in [-0.3, -0.25) is 0 Å². The minimum Gasteiger partial charge on any atom is -0.336 e. The van der Waals surface area contributed by atoms with E-state index in [0.29, 0.717) is 31.8 Å². The predicted octanol–water partition coefficient (Wildman–Crippen LogP) is 0.0864. The van der Waals surface area contributed by atoms with Crippen molar-refractivity contribution >= 4 is 15.9 Å². The highest BCUT2D eigenvalue weighted by Crippen LogP contribution is 2.42. The number of carbonyl (C=O) groups excluding carboxylic acids is 1. The standard InChI is InChI=1S/C13H23N3O3S/c1-20(18,19)12(4-2-5-12)8-15-11(17)16-7-10-3-6-13(10,14)9-16/h10H,2-9,14H2,1H3,(H,15,17)/t10-,13-/m0/s1. The molecule has 0 aromatic carbocycles. The second kappa shape index (κ2) is 4.34. The number of urea groups is 1. The van der Waals surface area contributed by atoms with Crippen LogP contribution < -0.4 is 11.1 Å². The predicted molar refractivity (Wildman–Crippen MR) is 76.0 cm³/mol. The van der Waals surface area contributed by atoms with Crippen molar-refractivity contribution in [3.63, 3.8) is 0 Å². The van der Waals surface area contributed by atoms with E-state index in [-0.39, 0.29) is 18.1 Å². The van der Waals surface area contributed by atoms with Crippen LogP contribution in [0.15, 0.2) is 0 Å². The van der Waals surface area contributed by atoms with Crippen molar-refractivity contribution in [3.8, 4) is 0 Å². The van der Waals surface area contributed by atoms with Crippen LogP contribution in [0.3, 0.4) is 0 Å². The van der Waals surface area contributed by atoms with Gasteiger partial charge in [0.1, 0.15) is 0 Å². The number of fused-ring (bicyclic) bond motifs is 1. The molecular formula is C13H23N3O3S. The van der Waals surface area contributed by atoms with Gasteiger partial charge in [-0.15, -0.1) is 0 Å². The first-order valence-corrected chi connectivity index (χ1v) is 9.16. The van der Waals surface area contributed by atoms with Crippen LogP contribution in [0.25, 0.3) is 0 Å². The molecule has 3 fully saturated rings. The van der Waals surface area contributed by atoms with Crippen LogP contribution >= 0.6 is 0 Å². The molecule has 0 radical (unpaired) electrons. The molecule has 1 saturated heterocycles. The molecule has 2 amide bonds. The molecule has 0 aromatic rings. The lowest BCUT2D eigenvalue weighted by Crippen LogP contribution is -2.56. The maximum atomic E-state index is 12.2. The van der Waals surface area contributed by atoms with Crippen molar-refractivity contribution in [1.29, 1.82) is 0 Å². The minimum atomic E-state index is -3.13. The molecule has 1 aliphatic heterocycles. The van der Waals surface area contributed by atoms with Gasteiger partial charge in [0.2, 0.25) is 0 Å². The summed E-state index contributed by atoms with van der Waals surface area (Å²) in [6, 6.07) is -0.167. The molecule has 0 bridgehead atoms. The molecule has 3 aliphatic rings. The molecule has 2 saturated carbocycles. The molecule has 3 N–H and O–H groups in total. The quantitative estimate of drug-likeness (QED) is 0.772. The third-order valence-electron chi connectivity index (χ3n) is 5.60. The van der Waals surface area contributed by atoms with Gasteiger partial charge in [-0.2, -0.15) is 0 Å². The van der Waals surface area contributed by atoms with Gasteiger partial charge in [0.05, 0.1) is 4.75 Å². The molecule has 2 atom stereocenters. The third-order valence-corrected chi connectivity index (χ3v) is 7.72. The van der Waals surface area contributed by atoms with Crippen molar-refractivity contribution < 1.29 is 13.2 Å². The lowest BCUT2D eigenvalue weighted by Gasteiger charge is -2.40. The van der Waals surface area contributed by atoms with E-state index in [4.69, 9.17) is 5.73 Å². The Balaban J connectivity index is 1.58. The molecule has 0 unspecified atom stereocenters. The normalized spacial score (nSPS) is 34.9. The Bertz CT molecular complexity index is 529. The third kappa shape index (κ3) is 2.02. The Hall–Kier alpha value is -0.820. The van der Waals surface area contributed by atoms with Gasteiger partial charge >= 0.3 is 6.03 Å². The summed E-state index contributed by atoms with van der Waals surface area (Å²) < 4.78 is 23.0. The number of likely N-dealkylation sites (tertiary alicyclic amines) is 1. The molecule has 0 spiro atoms. The van der Waals surface area contributed by atoms with Crippen LogP contribution in [-0.2, 0) is 9.84 Å². The van der Waals surface area contributed by atoms with Crippen molar-refractivity contribution in [1.82, 2.24) is 10.2 Å². The summed E-state index contributed by atoms with van der Waals surface area (Å²) >= 11 is 0. The number of nitrogens with two attached hydrogens (primary N) is 1. The van der Waals surface area contributed by atoms with Gasteiger partial charge in [-0.05, 0) is 31.6 Å². The maximum absolute atomic E-state index is 12.2. The summed E-state index contributed by atoms with van der Waals surface area (Å²) in [5, 5.41) is 2.81. The van der Waals surface area contributed by atoms with E-state index >= 15 is 0 Å². The topological polar surface area (TPSA) is 92.5 Å². The molecule has 0 aromatic heterocycles. The Labute approximate surface area is 120 Å². The summed E-state index contributed by atoms with van der Waals surface area (Å²) in [5.41, 5.74) is 6.02. The second-order valence-corrected chi connectivity index (χ2v) is 9.23. The van der Waals surface area contributed by atoms with Crippen LogP contribution in [-0.4, -0.2) is 55.5 Å². The van der Waals surface area contributed by atoms with E-state index in [0.717, 1.165) is 19.3 Å². The minimum absolute atomic E-state index is 0.167. The van der Waals surface area contributed by atoms with Crippen molar-refractivity contribution in [2.24, 2.45) is 11.7 Å². The van der Waals surface area contributed by atoms with Gasteiger partial charge in [0.25, 0.3) is 0 Å². The van der Waals surface area contributed by atoms with Crippen LogP contribution in [0.2, 0.25) is 0 Å². The Kier molecular flexibility index (Phi) is 3.06. The summed E-state index contributed by atoms with van der Waals surface area (Å²) in [7, 11) is -3.13. The summed E-state index contributed by atoms with van der Waals surface area (Å²) in [5.74, 6) is 0.417. The van der Waals surface area contributed by atoms with E-state index in [1.165, 1.54) is 6.26 Å². The van der Waals surface area contributed by atoms with Gasteiger partial charge in [0.15, 0.2) is 9.84 Å². The SMILES string of the molecule is CS(=O)(=O)C1(CNC(=O)N2C[C@@H]3CC[C@]3(N)C2)CCC1. The summed E-state index contributed by atoms with van der Waals surface area (Å²) in [6.45, 7) is 1.52. The first kappa shape index (κ1) is 14.1. The number of sulfone groups is 1. The molecule has 3 rings (SSSR count). The number of hydrogen-bond donors (Lipinski definition) is 2. The number of nitrogens with one attached hydrogen (secondary N) is 1. The Morgan fingerprint density at radius 2 is 2.10 bits per heavy atom. The van der Waals surface area contributed by atoms with Gasteiger partial charge in [0, 0.05) is 31.4 Å². The first-order chi connectivity index (χ1) is 9.26. The number of rotatable bonds is 3. The fourth-order valence-electron chi connectivity index (χ4n) is 3.64. The fraction of sp³-hybridized carbons (Fsp3) is 0.923. The average Bonchev–Trinajstić information content (AvgIpc) is 2.50. The van der Waals surface area contributed by atoms with Gasteiger partial charge < -0.3 is 16.0 Å². The summed E-state index contributed by atoms with van der Waals surface area (Å²) in [6.07, 6.45) is 5.55. The van der Waals surface area contributed by atoms with Crippen LogP contribution in [0.5, 0.6) is 0 Å². The molecule has 114 valence electrons. The highest BCUT2D eigenvalue weighted by atomic mass is 32.2. The van der Waals surface area contributed by atoms with Crippen LogP contribution in [0.4, 0.5) is 4.79 Å². The number of carbonyl (C=O) groups is 1. The van der Waals surface area contributed by atoms with Gasteiger partial charge in [-0.25, -0.2) is 13.2 Å². The van der Waals surface area contributed by atoms with Crippen molar-refractivity contribution in [2.45, 2.75) is 42.4 Å². The second-order valence-electron chi connectivity index (χ2n) is 6.82. The monoisotopic (exact) mass is 301 g/mol. The van der Waals surface area contributed by atoms with Crippen LogP contribution in [0.1, 0.15) is 32.1 Å². The lowest BCUT2D eigenvalue weighted by atomic mass is 9.70. The number of hydrogen-bond acceptors (Lipinski definition) is 4. The highest BCUT2D eigenvalue weighted by Gasteiger charge is 2.52. The zero-order valence-corrected chi connectivity index (χ0v) is 12.7. The molecule has 2 aliphatic carbocycles. The smallest absolute Gasteiger partial charge is 0.317 e. The largest absolute Gasteiger partial charge is 0.336 e. The number of amides is 2. The summed E-state index contributed by atoms with van der Waals surface area (Å²) in [4.78, 5) is 13.9. The molecule has 1 heterocycles. The fourth-order valence-corrected chi connectivity index (χ4v) is 5.00. The van der Waals surface area contributed by atoms with E-state index in [1.807, 2.05) is 0 Å². The zero-order chi connectivity index (χ0) is 14.6. The Morgan fingerprint density at radius 1 is 1.40 bits per heavy atom. The molecule has 7 heteroatoms. The van der Waals surface area contributed by atoms with E-state index in [1.54, 1.807) is 4.90 Å². The van der Waals surface area contributed by atoms with Crippen LogP contribution in [0, 0.1) is 5.92 Å². The van der Waals surface area contributed by atoms with Crippen molar-refractivity contribution in [3.05, 3.63) is 0 Å². The average molecular weight is 301 g/mol. The van der Waals surface area contributed by atoms with Crippen molar-refractivity contribution in [2.75, 3.05) is 25.9 Å². The zero-order valence-electron chi connectivity index (χ0n) is 11.9. The lowest BCUT2D eigenvalue weighted by molar-refractivity contribution is 0.187. The first-order valence-electron chi connectivity index (χ1n) is 7.27. The van der Waals surface area contributed by atoms with Gasteiger partial charge in [-0.1, -0.05) is 6.42 Å². The highest BCUT2D eigenvalue weighted by molar-refractivity contribution is 7.92. The number of nitrogens with zero attached hydrogens (tertiary/aromatic N) is 1. The van der Waals surface area contributed by atoms with E-state index < -0.39 is 14.6 Å². The Morgan fingerprint density at radius 3 is 2.45 bits per heavy atom.